The minimum Gasteiger partial charge on any atom is -0.324 e. The summed E-state index contributed by atoms with van der Waals surface area (Å²) in [5, 5.41) is 2.42. The second-order valence-corrected chi connectivity index (χ2v) is 4.35. The molecule has 3 rings (SSSR count). The van der Waals surface area contributed by atoms with Crippen molar-refractivity contribution < 1.29 is 0 Å². The molecule has 1 aromatic heterocycles. The summed E-state index contributed by atoms with van der Waals surface area (Å²) in [6.45, 7) is 0. The lowest BCUT2D eigenvalue weighted by atomic mass is 10.0. The molecule has 0 spiro atoms. The van der Waals surface area contributed by atoms with Crippen LogP contribution in [0.3, 0.4) is 0 Å². The second-order valence-electron chi connectivity index (χ2n) is 4.35. The molecule has 76 valence electrons. The summed E-state index contributed by atoms with van der Waals surface area (Å²) in [6, 6.07) is 8.70. The van der Waals surface area contributed by atoms with E-state index < -0.39 is 0 Å². The van der Waals surface area contributed by atoms with Crippen molar-refractivity contribution in [1.82, 2.24) is 4.98 Å². The molecule has 0 amide bonds. The third-order valence-corrected chi connectivity index (χ3v) is 3.18. The number of aromatic nitrogens is 1. The van der Waals surface area contributed by atoms with Gasteiger partial charge < -0.3 is 5.73 Å². The van der Waals surface area contributed by atoms with Crippen LogP contribution in [-0.4, -0.2) is 4.98 Å². The maximum Gasteiger partial charge on any atom is 0.0346 e. The quantitative estimate of drug-likeness (QED) is 0.805. The number of fused-ring (bicyclic) bond motifs is 1. The van der Waals surface area contributed by atoms with Crippen LogP contribution >= 0.6 is 0 Å². The summed E-state index contributed by atoms with van der Waals surface area (Å²) in [4.78, 5) is 4.10. The fourth-order valence-electron chi connectivity index (χ4n) is 2.04. The lowest BCUT2D eigenvalue weighted by molar-refractivity contribution is 0.634. The Morgan fingerprint density at radius 1 is 1.20 bits per heavy atom. The van der Waals surface area contributed by atoms with E-state index in [2.05, 4.69) is 23.2 Å². The maximum absolute atomic E-state index is 6.18. The van der Waals surface area contributed by atoms with Crippen LogP contribution in [0.4, 0.5) is 0 Å². The van der Waals surface area contributed by atoms with Crippen molar-refractivity contribution in [2.45, 2.75) is 18.9 Å². The molecule has 1 saturated carbocycles. The lowest BCUT2D eigenvalue weighted by Crippen LogP contribution is -2.11. The van der Waals surface area contributed by atoms with Gasteiger partial charge in [0.05, 0.1) is 0 Å². The summed E-state index contributed by atoms with van der Waals surface area (Å²) in [5.41, 5.74) is 7.44. The third kappa shape index (κ3) is 1.61. The van der Waals surface area contributed by atoms with Crippen molar-refractivity contribution in [3.63, 3.8) is 0 Å². The normalized spacial score (nSPS) is 17.9. The van der Waals surface area contributed by atoms with Gasteiger partial charge in [0.2, 0.25) is 0 Å². The van der Waals surface area contributed by atoms with E-state index in [9.17, 15) is 0 Å². The highest BCUT2D eigenvalue weighted by Crippen LogP contribution is 2.39. The van der Waals surface area contributed by atoms with E-state index in [-0.39, 0.29) is 6.04 Å². The largest absolute Gasteiger partial charge is 0.324 e. The van der Waals surface area contributed by atoms with E-state index in [0.29, 0.717) is 5.92 Å². The Hall–Kier alpha value is -1.41. The first-order valence-electron chi connectivity index (χ1n) is 5.44. The zero-order valence-corrected chi connectivity index (χ0v) is 8.56. The molecule has 1 aromatic carbocycles. The van der Waals surface area contributed by atoms with E-state index in [4.69, 9.17) is 5.73 Å². The highest BCUT2D eigenvalue weighted by molar-refractivity contribution is 5.82. The zero-order valence-electron chi connectivity index (χ0n) is 8.56. The first-order valence-corrected chi connectivity index (χ1v) is 5.44. The number of rotatable bonds is 2. The Morgan fingerprint density at radius 2 is 2.07 bits per heavy atom. The molecular formula is C13H14N2. The summed E-state index contributed by atoms with van der Waals surface area (Å²) in [6.07, 6.45) is 6.29. The van der Waals surface area contributed by atoms with Gasteiger partial charge in [-0.2, -0.15) is 0 Å². The number of hydrogen-bond donors (Lipinski definition) is 1. The van der Waals surface area contributed by atoms with Gasteiger partial charge in [-0.3, -0.25) is 4.98 Å². The maximum atomic E-state index is 6.18. The molecule has 0 radical (unpaired) electrons. The molecule has 1 fully saturated rings. The van der Waals surface area contributed by atoms with E-state index in [1.54, 1.807) is 0 Å². The van der Waals surface area contributed by atoms with Crippen LogP contribution in [0, 0.1) is 5.92 Å². The van der Waals surface area contributed by atoms with Crippen LogP contribution in [0.5, 0.6) is 0 Å². The Kier molecular flexibility index (Phi) is 1.96. The fraction of sp³-hybridized carbons (Fsp3) is 0.308. The minimum atomic E-state index is 0.225. The summed E-state index contributed by atoms with van der Waals surface area (Å²) >= 11 is 0. The highest BCUT2D eigenvalue weighted by atomic mass is 14.7. The Bertz CT molecular complexity index is 489. The van der Waals surface area contributed by atoms with E-state index in [1.807, 2.05) is 18.5 Å². The van der Waals surface area contributed by atoms with E-state index >= 15 is 0 Å². The smallest absolute Gasteiger partial charge is 0.0346 e. The first kappa shape index (κ1) is 8.86. The van der Waals surface area contributed by atoms with Gasteiger partial charge in [0.1, 0.15) is 0 Å². The van der Waals surface area contributed by atoms with Crippen LogP contribution in [0.25, 0.3) is 10.8 Å². The Balaban J connectivity index is 2.05. The molecule has 1 unspecified atom stereocenters. The van der Waals surface area contributed by atoms with Crippen molar-refractivity contribution in [3.8, 4) is 0 Å². The van der Waals surface area contributed by atoms with E-state index in [1.165, 1.54) is 29.2 Å². The first-order chi connectivity index (χ1) is 7.34. The molecule has 15 heavy (non-hydrogen) atoms. The molecule has 2 aromatic rings. The van der Waals surface area contributed by atoms with Gasteiger partial charge in [-0.1, -0.05) is 12.1 Å². The van der Waals surface area contributed by atoms with Crippen molar-refractivity contribution in [2.75, 3.05) is 0 Å². The monoisotopic (exact) mass is 198 g/mol. The van der Waals surface area contributed by atoms with Crippen molar-refractivity contribution in [2.24, 2.45) is 11.7 Å². The van der Waals surface area contributed by atoms with Crippen LogP contribution in [0.15, 0.2) is 36.7 Å². The minimum absolute atomic E-state index is 0.225. The number of hydrogen-bond acceptors (Lipinski definition) is 2. The molecule has 0 saturated heterocycles. The SMILES string of the molecule is NC(c1ccc2cnccc2c1)C1CC1. The second kappa shape index (κ2) is 3.31. The van der Waals surface area contributed by atoms with Crippen molar-refractivity contribution in [1.29, 1.82) is 0 Å². The number of nitrogens with two attached hydrogens (primary N) is 1. The van der Waals surface area contributed by atoms with Gasteiger partial charge in [-0.05, 0) is 41.8 Å². The standard InChI is InChI=1S/C13H14N2/c14-13(9-1-2-9)11-3-4-12-8-15-6-5-10(12)7-11/h3-9,13H,1-2,14H2. The molecular weight excluding hydrogens is 184 g/mol. The molecule has 0 bridgehead atoms. The van der Waals surface area contributed by atoms with Gasteiger partial charge in [0, 0.05) is 23.8 Å². The Morgan fingerprint density at radius 3 is 2.87 bits per heavy atom. The summed E-state index contributed by atoms with van der Waals surface area (Å²) in [5.74, 6) is 0.712. The van der Waals surface area contributed by atoms with Gasteiger partial charge in [-0.15, -0.1) is 0 Å². The average molecular weight is 198 g/mol. The number of pyridine rings is 1. The highest BCUT2D eigenvalue weighted by Gasteiger charge is 2.29. The predicted octanol–water partition coefficient (Wildman–Crippen LogP) is 2.64. The average Bonchev–Trinajstić information content (AvgIpc) is 3.11. The number of nitrogens with zero attached hydrogens (tertiary/aromatic N) is 1. The lowest BCUT2D eigenvalue weighted by Gasteiger charge is -2.11. The van der Waals surface area contributed by atoms with Gasteiger partial charge in [0.25, 0.3) is 0 Å². The van der Waals surface area contributed by atoms with Gasteiger partial charge in [-0.25, -0.2) is 0 Å². The summed E-state index contributed by atoms with van der Waals surface area (Å²) < 4.78 is 0. The topological polar surface area (TPSA) is 38.9 Å². The molecule has 2 N–H and O–H groups in total. The van der Waals surface area contributed by atoms with Gasteiger partial charge >= 0.3 is 0 Å². The van der Waals surface area contributed by atoms with Crippen molar-refractivity contribution >= 4 is 10.8 Å². The molecule has 2 nitrogen and oxygen atoms in total. The van der Waals surface area contributed by atoms with Crippen molar-refractivity contribution in [3.05, 3.63) is 42.2 Å². The molecule has 1 heterocycles. The van der Waals surface area contributed by atoms with Crippen LogP contribution in [-0.2, 0) is 0 Å². The van der Waals surface area contributed by atoms with Crippen LogP contribution in [0.2, 0.25) is 0 Å². The molecule has 1 aliphatic carbocycles. The molecule has 1 aliphatic rings. The summed E-state index contributed by atoms with van der Waals surface area (Å²) in [7, 11) is 0. The Labute approximate surface area is 89.1 Å². The third-order valence-electron chi connectivity index (χ3n) is 3.18. The van der Waals surface area contributed by atoms with Gasteiger partial charge in [0.15, 0.2) is 0 Å². The number of benzene rings is 1. The van der Waals surface area contributed by atoms with E-state index in [0.717, 1.165) is 0 Å². The molecule has 2 heteroatoms. The van der Waals surface area contributed by atoms with Crippen LogP contribution in [0.1, 0.15) is 24.4 Å². The molecule has 1 atom stereocenters. The zero-order chi connectivity index (χ0) is 10.3. The molecule has 0 aliphatic heterocycles. The fourth-order valence-corrected chi connectivity index (χ4v) is 2.04. The predicted molar refractivity (Wildman–Crippen MR) is 61.4 cm³/mol. The van der Waals surface area contributed by atoms with Crippen LogP contribution < -0.4 is 5.73 Å².